The summed E-state index contributed by atoms with van der Waals surface area (Å²) < 4.78 is 16.7. The predicted octanol–water partition coefficient (Wildman–Crippen LogP) is 3.73. The minimum absolute atomic E-state index is 0.286. The second-order valence-corrected chi connectivity index (χ2v) is 5.58. The van der Waals surface area contributed by atoms with E-state index in [1.807, 2.05) is 44.2 Å². The minimum Gasteiger partial charge on any atom is -0.471 e. The Balaban J connectivity index is 1.76. The molecule has 1 aromatic carbocycles. The Labute approximate surface area is 146 Å². The first-order chi connectivity index (χ1) is 12.2. The summed E-state index contributed by atoms with van der Waals surface area (Å²) in [5, 5.41) is 0. The van der Waals surface area contributed by atoms with Crippen LogP contribution in [0.3, 0.4) is 0 Å². The van der Waals surface area contributed by atoms with Crippen LogP contribution in [-0.2, 0) is 24.4 Å². The second-order valence-electron chi connectivity index (χ2n) is 5.58. The average molecular weight is 339 g/mol. The molecule has 2 aromatic heterocycles. The zero-order chi connectivity index (χ0) is 17.6. The molecule has 0 radical (unpaired) electrons. The maximum atomic E-state index is 5.82. The standard InChI is InChI=1S/C19H21N3O3/c1-4-17-20-15(11-23-3)10-18(22-17)24-12-16-13(2)25-19(21-16)14-8-6-5-7-9-14/h5-10H,4,11-12H2,1-3H3. The monoisotopic (exact) mass is 339 g/mol. The van der Waals surface area contributed by atoms with Crippen LogP contribution in [0.25, 0.3) is 11.5 Å². The van der Waals surface area contributed by atoms with Gasteiger partial charge in [-0.05, 0) is 19.1 Å². The van der Waals surface area contributed by atoms with Gasteiger partial charge in [0.25, 0.3) is 0 Å². The van der Waals surface area contributed by atoms with Gasteiger partial charge in [0.15, 0.2) is 0 Å². The normalized spacial score (nSPS) is 10.8. The Morgan fingerprint density at radius 3 is 2.56 bits per heavy atom. The Kier molecular flexibility index (Phi) is 5.40. The van der Waals surface area contributed by atoms with Gasteiger partial charge in [-0.2, -0.15) is 4.98 Å². The maximum Gasteiger partial charge on any atom is 0.226 e. The summed E-state index contributed by atoms with van der Waals surface area (Å²) in [5.41, 5.74) is 2.49. The van der Waals surface area contributed by atoms with Crippen molar-refractivity contribution >= 4 is 0 Å². The molecule has 0 amide bonds. The van der Waals surface area contributed by atoms with E-state index in [-0.39, 0.29) is 6.61 Å². The number of benzene rings is 1. The fourth-order valence-corrected chi connectivity index (χ4v) is 2.39. The number of aromatic nitrogens is 3. The highest BCUT2D eigenvalue weighted by Gasteiger charge is 2.13. The fourth-order valence-electron chi connectivity index (χ4n) is 2.39. The van der Waals surface area contributed by atoms with Gasteiger partial charge in [-0.25, -0.2) is 9.97 Å². The van der Waals surface area contributed by atoms with Gasteiger partial charge in [-0.15, -0.1) is 0 Å². The van der Waals surface area contributed by atoms with Crippen LogP contribution in [-0.4, -0.2) is 22.1 Å². The lowest BCUT2D eigenvalue weighted by molar-refractivity contribution is 0.180. The Bertz CT molecular complexity index is 831. The highest BCUT2D eigenvalue weighted by Crippen LogP contribution is 2.22. The van der Waals surface area contributed by atoms with Gasteiger partial charge in [0.2, 0.25) is 11.8 Å². The first-order valence-electron chi connectivity index (χ1n) is 8.20. The van der Waals surface area contributed by atoms with Crippen molar-refractivity contribution < 1.29 is 13.9 Å². The lowest BCUT2D eigenvalue weighted by Crippen LogP contribution is -2.05. The third-order valence-corrected chi connectivity index (χ3v) is 3.68. The van der Waals surface area contributed by atoms with Gasteiger partial charge >= 0.3 is 0 Å². The molecule has 0 fully saturated rings. The molecule has 25 heavy (non-hydrogen) atoms. The summed E-state index contributed by atoms with van der Waals surface area (Å²) in [6, 6.07) is 11.6. The van der Waals surface area contributed by atoms with Crippen LogP contribution in [0.5, 0.6) is 5.88 Å². The Morgan fingerprint density at radius 2 is 1.84 bits per heavy atom. The lowest BCUT2D eigenvalue weighted by atomic mass is 10.2. The molecule has 2 heterocycles. The van der Waals surface area contributed by atoms with E-state index < -0.39 is 0 Å². The third kappa shape index (κ3) is 4.22. The summed E-state index contributed by atoms with van der Waals surface area (Å²) in [7, 11) is 1.64. The van der Waals surface area contributed by atoms with Gasteiger partial charge in [0.1, 0.15) is 23.9 Å². The van der Waals surface area contributed by atoms with E-state index >= 15 is 0 Å². The topological polar surface area (TPSA) is 70.3 Å². The minimum atomic E-state index is 0.286. The van der Waals surface area contributed by atoms with Gasteiger partial charge in [0.05, 0.1) is 12.3 Å². The van der Waals surface area contributed by atoms with Crippen molar-refractivity contribution in [2.75, 3.05) is 7.11 Å². The largest absolute Gasteiger partial charge is 0.471 e. The summed E-state index contributed by atoms with van der Waals surface area (Å²) in [6.07, 6.45) is 0.731. The van der Waals surface area contributed by atoms with Gasteiger partial charge in [-0.3, -0.25) is 0 Å². The quantitative estimate of drug-likeness (QED) is 0.653. The smallest absolute Gasteiger partial charge is 0.226 e. The SMILES string of the molecule is CCc1nc(COC)cc(OCc2nc(-c3ccccc3)oc2C)n1. The molecular formula is C19H21N3O3. The Hall–Kier alpha value is -2.73. The summed E-state index contributed by atoms with van der Waals surface area (Å²) in [4.78, 5) is 13.3. The number of hydrogen-bond acceptors (Lipinski definition) is 6. The van der Waals surface area contributed by atoms with Crippen molar-refractivity contribution in [3.05, 3.63) is 59.4 Å². The van der Waals surface area contributed by atoms with Crippen LogP contribution >= 0.6 is 0 Å². The zero-order valence-corrected chi connectivity index (χ0v) is 14.7. The van der Waals surface area contributed by atoms with Crippen LogP contribution in [0.15, 0.2) is 40.8 Å². The van der Waals surface area contributed by atoms with E-state index in [1.165, 1.54) is 0 Å². The molecule has 0 saturated carbocycles. The first kappa shape index (κ1) is 17.1. The molecule has 0 aliphatic heterocycles. The molecule has 0 bridgehead atoms. The van der Waals surface area contributed by atoms with Crippen LogP contribution in [0.1, 0.15) is 29.9 Å². The molecule has 6 nitrogen and oxygen atoms in total. The van der Waals surface area contributed by atoms with Crippen molar-refractivity contribution in [2.45, 2.75) is 33.5 Å². The third-order valence-electron chi connectivity index (χ3n) is 3.68. The molecule has 3 aromatic rings. The van der Waals surface area contributed by atoms with Crippen molar-refractivity contribution in [3.8, 4) is 17.3 Å². The number of methoxy groups -OCH3 is 1. The highest BCUT2D eigenvalue weighted by atomic mass is 16.5. The van der Waals surface area contributed by atoms with Gasteiger partial charge < -0.3 is 13.9 Å². The summed E-state index contributed by atoms with van der Waals surface area (Å²) in [6.45, 7) is 4.59. The van der Waals surface area contributed by atoms with Crippen molar-refractivity contribution in [1.29, 1.82) is 0 Å². The molecule has 130 valence electrons. The fraction of sp³-hybridized carbons (Fsp3) is 0.316. The number of rotatable bonds is 7. The molecule has 0 atom stereocenters. The van der Waals surface area contributed by atoms with Crippen molar-refractivity contribution in [2.24, 2.45) is 0 Å². The molecular weight excluding hydrogens is 318 g/mol. The summed E-state index contributed by atoms with van der Waals surface area (Å²) >= 11 is 0. The first-order valence-corrected chi connectivity index (χ1v) is 8.20. The predicted molar refractivity (Wildman–Crippen MR) is 93.1 cm³/mol. The molecule has 0 spiro atoms. The average Bonchev–Trinajstić information content (AvgIpc) is 3.01. The van der Waals surface area contributed by atoms with E-state index in [4.69, 9.17) is 13.9 Å². The number of ether oxygens (including phenoxy) is 2. The van der Waals surface area contributed by atoms with Crippen LogP contribution in [0, 0.1) is 6.92 Å². The van der Waals surface area contributed by atoms with Crippen LogP contribution < -0.4 is 4.74 Å². The number of aryl methyl sites for hydroxylation is 2. The van der Waals surface area contributed by atoms with E-state index in [1.54, 1.807) is 13.2 Å². The van der Waals surface area contributed by atoms with Crippen LogP contribution in [0.2, 0.25) is 0 Å². The van der Waals surface area contributed by atoms with Crippen molar-refractivity contribution in [3.63, 3.8) is 0 Å². The molecule has 0 unspecified atom stereocenters. The van der Waals surface area contributed by atoms with Gasteiger partial charge in [-0.1, -0.05) is 25.1 Å². The molecule has 0 aliphatic carbocycles. The molecule has 6 heteroatoms. The molecule has 0 saturated heterocycles. The number of hydrogen-bond donors (Lipinski definition) is 0. The van der Waals surface area contributed by atoms with Crippen molar-refractivity contribution in [1.82, 2.24) is 15.0 Å². The lowest BCUT2D eigenvalue weighted by Gasteiger charge is -2.07. The molecule has 0 N–H and O–H groups in total. The molecule has 0 aliphatic rings. The number of nitrogens with zero attached hydrogens (tertiary/aromatic N) is 3. The Morgan fingerprint density at radius 1 is 1.04 bits per heavy atom. The van der Waals surface area contributed by atoms with E-state index in [0.717, 1.165) is 35.0 Å². The number of oxazole rings is 1. The maximum absolute atomic E-state index is 5.82. The highest BCUT2D eigenvalue weighted by molar-refractivity contribution is 5.53. The molecule has 3 rings (SSSR count). The van der Waals surface area contributed by atoms with Crippen LogP contribution in [0.4, 0.5) is 0 Å². The van der Waals surface area contributed by atoms with E-state index in [2.05, 4.69) is 15.0 Å². The second kappa shape index (κ2) is 7.90. The summed E-state index contributed by atoms with van der Waals surface area (Å²) in [5.74, 6) is 2.57. The van der Waals surface area contributed by atoms with E-state index in [9.17, 15) is 0 Å². The van der Waals surface area contributed by atoms with E-state index in [0.29, 0.717) is 18.4 Å². The van der Waals surface area contributed by atoms with Gasteiger partial charge in [0, 0.05) is 25.2 Å². The zero-order valence-electron chi connectivity index (χ0n) is 14.7.